The SMILES string of the molecule is CC(C)C(OC(=O)c1ccc(-c2ccc(F)cc2)s1)C(=O)NC(N)=O. The molecule has 0 saturated heterocycles. The minimum Gasteiger partial charge on any atom is -0.448 e. The third kappa shape index (κ3) is 4.87. The van der Waals surface area contributed by atoms with Crippen molar-refractivity contribution in [1.29, 1.82) is 0 Å². The first-order valence-electron chi connectivity index (χ1n) is 7.45. The molecule has 8 heteroatoms. The third-order valence-electron chi connectivity index (χ3n) is 3.28. The number of halogens is 1. The number of rotatable bonds is 5. The number of amides is 3. The van der Waals surface area contributed by atoms with Crippen LogP contribution >= 0.6 is 11.3 Å². The topological polar surface area (TPSA) is 98.5 Å². The van der Waals surface area contributed by atoms with Crippen molar-refractivity contribution in [2.75, 3.05) is 0 Å². The van der Waals surface area contributed by atoms with Crippen molar-refractivity contribution in [3.8, 4) is 10.4 Å². The lowest BCUT2D eigenvalue weighted by molar-refractivity contribution is -0.130. The summed E-state index contributed by atoms with van der Waals surface area (Å²) in [6.07, 6.45) is -1.14. The van der Waals surface area contributed by atoms with Gasteiger partial charge in [0.15, 0.2) is 6.10 Å². The summed E-state index contributed by atoms with van der Waals surface area (Å²) in [6, 6.07) is 8.13. The molecule has 3 amide bonds. The monoisotopic (exact) mass is 364 g/mol. The number of primary amides is 1. The number of carbonyl (C=O) groups is 3. The summed E-state index contributed by atoms with van der Waals surface area (Å²) >= 11 is 1.16. The smallest absolute Gasteiger partial charge is 0.349 e. The number of carbonyl (C=O) groups excluding carboxylic acids is 3. The van der Waals surface area contributed by atoms with Gasteiger partial charge in [-0.1, -0.05) is 26.0 Å². The first-order chi connectivity index (χ1) is 11.8. The molecular weight excluding hydrogens is 347 g/mol. The van der Waals surface area contributed by atoms with Crippen molar-refractivity contribution < 1.29 is 23.5 Å². The Balaban J connectivity index is 2.13. The van der Waals surface area contributed by atoms with E-state index < -0.39 is 24.0 Å². The highest BCUT2D eigenvalue weighted by Crippen LogP contribution is 2.29. The average Bonchev–Trinajstić information content (AvgIpc) is 3.02. The molecule has 1 aromatic carbocycles. The first-order valence-corrected chi connectivity index (χ1v) is 8.26. The average molecular weight is 364 g/mol. The minimum absolute atomic E-state index is 0.289. The van der Waals surface area contributed by atoms with Gasteiger partial charge in [0.1, 0.15) is 10.7 Å². The molecule has 0 bridgehead atoms. The molecule has 0 aliphatic heterocycles. The van der Waals surface area contributed by atoms with E-state index in [0.717, 1.165) is 21.8 Å². The Bertz CT molecular complexity index is 786. The van der Waals surface area contributed by atoms with Gasteiger partial charge in [0.2, 0.25) is 0 Å². The van der Waals surface area contributed by atoms with Crippen LogP contribution in [0.4, 0.5) is 9.18 Å². The van der Waals surface area contributed by atoms with E-state index >= 15 is 0 Å². The van der Waals surface area contributed by atoms with Gasteiger partial charge in [-0.3, -0.25) is 10.1 Å². The zero-order chi connectivity index (χ0) is 18.6. The molecule has 1 aromatic heterocycles. The van der Waals surface area contributed by atoms with Crippen molar-refractivity contribution in [2.45, 2.75) is 20.0 Å². The Morgan fingerprint density at radius 2 is 1.76 bits per heavy atom. The summed E-state index contributed by atoms with van der Waals surface area (Å²) < 4.78 is 18.2. The normalized spacial score (nSPS) is 11.8. The van der Waals surface area contributed by atoms with Crippen molar-refractivity contribution in [3.63, 3.8) is 0 Å². The van der Waals surface area contributed by atoms with Crippen LogP contribution < -0.4 is 11.1 Å². The van der Waals surface area contributed by atoms with E-state index in [1.54, 1.807) is 38.1 Å². The van der Waals surface area contributed by atoms with Gasteiger partial charge in [-0.25, -0.2) is 14.0 Å². The van der Waals surface area contributed by atoms with E-state index in [0.29, 0.717) is 0 Å². The number of urea groups is 1. The van der Waals surface area contributed by atoms with Crippen LogP contribution in [0.3, 0.4) is 0 Å². The van der Waals surface area contributed by atoms with Gasteiger partial charge in [-0.15, -0.1) is 11.3 Å². The Hall–Kier alpha value is -2.74. The van der Waals surface area contributed by atoms with Crippen LogP contribution in [0, 0.1) is 11.7 Å². The van der Waals surface area contributed by atoms with Crippen LogP contribution in [0.5, 0.6) is 0 Å². The maximum Gasteiger partial charge on any atom is 0.349 e. The summed E-state index contributed by atoms with van der Waals surface area (Å²) in [5, 5.41) is 1.91. The third-order valence-corrected chi connectivity index (χ3v) is 4.39. The predicted molar refractivity (Wildman–Crippen MR) is 91.5 cm³/mol. The van der Waals surface area contributed by atoms with E-state index in [1.165, 1.54) is 12.1 Å². The fourth-order valence-electron chi connectivity index (χ4n) is 2.08. The lowest BCUT2D eigenvalue weighted by Crippen LogP contribution is -2.45. The van der Waals surface area contributed by atoms with Crippen LogP contribution in [0.15, 0.2) is 36.4 Å². The van der Waals surface area contributed by atoms with Crippen molar-refractivity contribution in [1.82, 2.24) is 5.32 Å². The van der Waals surface area contributed by atoms with E-state index in [2.05, 4.69) is 0 Å². The maximum absolute atomic E-state index is 13.0. The Morgan fingerprint density at radius 3 is 2.32 bits per heavy atom. The number of imide groups is 1. The van der Waals surface area contributed by atoms with Gasteiger partial charge in [0.05, 0.1) is 0 Å². The first kappa shape index (κ1) is 18.6. The van der Waals surface area contributed by atoms with Gasteiger partial charge in [0, 0.05) is 4.88 Å². The molecule has 1 heterocycles. The molecular formula is C17H17FN2O4S. The highest BCUT2D eigenvalue weighted by molar-refractivity contribution is 7.17. The fraction of sp³-hybridized carbons (Fsp3) is 0.235. The number of nitrogens with one attached hydrogen (secondary N) is 1. The lowest BCUT2D eigenvalue weighted by atomic mass is 10.1. The summed E-state index contributed by atoms with van der Waals surface area (Å²) in [6.45, 7) is 3.35. The number of hydrogen-bond acceptors (Lipinski definition) is 5. The molecule has 1 unspecified atom stereocenters. The van der Waals surface area contributed by atoms with Crippen LogP contribution in [0.25, 0.3) is 10.4 Å². The van der Waals surface area contributed by atoms with Gasteiger partial charge in [0.25, 0.3) is 5.91 Å². The van der Waals surface area contributed by atoms with Crippen molar-refractivity contribution >= 4 is 29.2 Å². The molecule has 6 nitrogen and oxygen atoms in total. The van der Waals surface area contributed by atoms with Gasteiger partial charge < -0.3 is 10.5 Å². The van der Waals surface area contributed by atoms with Gasteiger partial charge >= 0.3 is 12.0 Å². The number of hydrogen-bond donors (Lipinski definition) is 2. The fourth-order valence-corrected chi connectivity index (χ4v) is 2.97. The summed E-state index contributed by atoms with van der Waals surface area (Å²) in [4.78, 5) is 36.0. The molecule has 3 N–H and O–H groups in total. The van der Waals surface area contributed by atoms with Crippen molar-refractivity contribution in [3.05, 3.63) is 47.1 Å². The second kappa shape index (κ2) is 7.89. The molecule has 0 aliphatic carbocycles. The molecule has 25 heavy (non-hydrogen) atoms. The summed E-state index contributed by atoms with van der Waals surface area (Å²) in [5.74, 6) is -2.15. The predicted octanol–water partition coefficient (Wildman–Crippen LogP) is 2.93. The van der Waals surface area contributed by atoms with Crippen LogP contribution in [-0.2, 0) is 9.53 Å². The summed E-state index contributed by atoms with van der Waals surface area (Å²) in [5.41, 5.74) is 5.68. The highest BCUT2D eigenvalue weighted by atomic mass is 32.1. The maximum atomic E-state index is 13.0. The lowest BCUT2D eigenvalue weighted by Gasteiger charge is -2.19. The number of thiophene rings is 1. The molecule has 2 aromatic rings. The quantitative estimate of drug-likeness (QED) is 0.797. The van der Waals surface area contributed by atoms with Crippen LogP contribution in [0.2, 0.25) is 0 Å². The standard InChI is InChI=1S/C17H17FN2O4S/c1-9(2)14(15(21)20-17(19)23)24-16(22)13-8-7-12(25-13)10-3-5-11(18)6-4-10/h3-9,14H,1-2H3,(H3,19,20,21,23). The zero-order valence-electron chi connectivity index (χ0n) is 13.6. The van der Waals surface area contributed by atoms with E-state index in [9.17, 15) is 18.8 Å². The minimum atomic E-state index is -1.14. The second-order valence-corrected chi connectivity index (χ2v) is 6.68. The Kier molecular flexibility index (Phi) is 5.87. The van der Waals surface area contributed by atoms with Gasteiger partial charge in [-0.2, -0.15) is 0 Å². The summed E-state index contributed by atoms with van der Waals surface area (Å²) in [7, 11) is 0. The molecule has 0 saturated carbocycles. The van der Waals surface area contributed by atoms with E-state index in [-0.39, 0.29) is 16.6 Å². The largest absolute Gasteiger partial charge is 0.448 e. The van der Waals surface area contributed by atoms with Crippen LogP contribution in [0.1, 0.15) is 23.5 Å². The molecule has 132 valence electrons. The van der Waals surface area contributed by atoms with Crippen LogP contribution in [-0.4, -0.2) is 24.0 Å². The Morgan fingerprint density at radius 1 is 1.12 bits per heavy atom. The van der Waals surface area contributed by atoms with Crippen molar-refractivity contribution in [2.24, 2.45) is 11.7 Å². The molecule has 0 radical (unpaired) electrons. The molecule has 1 atom stereocenters. The number of benzene rings is 1. The second-order valence-electron chi connectivity index (χ2n) is 5.59. The molecule has 2 rings (SSSR count). The molecule has 0 spiro atoms. The molecule has 0 aliphatic rings. The highest BCUT2D eigenvalue weighted by Gasteiger charge is 2.28. The number of nitrogens with two attached hydrogens (primary N) is 1. The van der Waals surface area contributed by atoms with E-state index in [1.807, 2.05) is 5.32 Å². The number of esters is 1. The van der Waals surface area contributed by atoms with Gasteiger partial charge in [-0.05, 0) is 35.7 Å². The number of ether oxygens (including phenoxy) is 1. The molecule has 0 fully saturated rings. The zero-order valence-corrected chi connectivity index (χ0v) is 14.4. The Labute approximate surface area is 147 Å². The van der Waals surface area contributed by atoms with E-state index in [4.69, 9.17) is 10.5 Å².